The zero-order valence-corrected chi connectivity index (χ0v) is 15.6. The Kier molecular flexibility index (Phi) is 5.00. The third kappa shape index (κ3) is 3.36. The van der Waals surface area contributed by atoms with Gasteiger partial charge in [-0.25, -0.2) is 9.59 Å². The van der Waals surface area contributed by atoms with Crippen molar-refractivity contribution in [3.8, 4) is 0 Å². The number of rotatable bonds is 5. The van der Waals surface area contributed by atoms with Crippen LogP contribution in [0.25, 0.3) is 0 Å². The van der Waals surface area contributed by atoms with E-state index in [9.17, 15) is 14.7 Å². The number of hydrogen-bond acceptors (Lipinski definition) is 4. The molecule has 0 bridgehead atoms. The van der Waals surface area contributed by atoms with Gasteiger partial charge in [-0.2, -0.15) is 11.8 Å². The van der Waals surface area contributed by atoms with Gasteiger partial charge in [0.1, 0.15) is 6.61 Å². The minimum absolute atomic E-state index is 0.0302. The number of ether oxygens (including phenoxy) is 1. The minimum atomic E-state index is -1.22. The van der Waals surface area contributed by atoms with Crippen molar-refractivity contribution in [2.75, 3.05) is 11.5 Å². The molecule has 1 saturated heterocycles. The van der Waals surface area contributed by atoms with Gasteiger partial charge in [0.05, 0.1) is 0 Å². The summed E-state index contributed by atoms with van der Waals surface area (Å²) in [6.45, 7) is 4.08. The number of carbonyl (C=O) groups excluding carboxylic acids is 1. The molecule has 0 radical (unpaired) electrons. The summed E-state index contributed by atoms with van der Waals surface area (Å²) in [5.74, 6) is 0.402. The summed E-state index contributed by atoms with van der Waals surface area (Å²) in [6, 6.07) is 9.44. The number of carbonyl (C=O) groups is 2. The van der Waals surface area contributed by atoms with E-state index < -0.39 is 23.0 Å². The molecule has 1 saturated carbocycles. The summed E-state index contributed by atoms with van der Waals surface area (Å²) in [5, 5.41) is 10.1. The van der Waals surface area contributed by atoms with Crippen molar-refractivity contribution in [1.29, 1.82) is 0 Å². The monoisotopic (exact) mass is 363 g/mol. The van der Waals surface area contributed by atoms with Gasteiger partial charge in [-0.1, -0.05) is 44.2 Å². The van der Waals surface area contributed by atoms with Crippen LogP contribution in [0.15, 0.2) is 30.3 Å². The Morgan fingerprint density at radius 1 is 1.28 bits per heavy atom. The summed E-state index contributed by atoms with van der Waals surface area (Å²) in [4.78, 5) is 26.9. The maximum Gasteiger partial charge on any atom is 0.411 e. The number of benzene rings is 1. The van der Waals surface area contributed by atoms with E-state index >= 15 is 0 Å². The van der Waals surface area contributed by atoms with Crippen molar-refractivity contribution < 1.29 is 19.4 Å². The topological polar surface area (TPSA) is 66.8 Å². The maximum absolute atomic E-state index is 12.9. The first-order chi connectivity index (χ1) is 11.9. The van der Waals surface area contributed by atoms with Gasteiger partial charge in [-0.15, -0.1) is 0 Å². The van der Waals surface area contributed by atoms with Crippen LogP contribution in [0, 0.1) is 5.41 Å². The van der Waals surface area contributed by atoms with Gasteiger partial charge >= 0.3 is 12.1 Å². The molecule has 0 spiro atoms. The highest BCUT2D eigenvalue weighted by molar-refractivity contribution is 7.99. The van der Waals surface area contributed by atoms with E-state index in [2.05, 4.69) is 0 Å². The molecular formula is C19H25NO4S. The summed E-state index contributed by atoms with van der Waals surface area (Å²) >= 11 is 1.61. The number of carboxylic acid groups (broad SMARTS) is 1. The Morgan fingerprint density at radius 3 is 2.52 bits per heavy atom. The summed E-state index contributed by atoms with van der Waals surface area (Å²) in [6.07, 6.45) is 1.94. The van der Waals surface area contributed by atoms with Crippen molar-refractivity contribution in [2.45, 2.75) is 51.3 Å². The van der Waals surface area contributed by atoms with Crippen LogP contribution in [-0.4, -0.2) is 45.2 Å². The molecule has 1 atom stereocenters. The molecule has 1 aromatic rings. The molecule has 1 aromatic carbocycles. The second-order valence-corrected chi connectivity index (χ2v) is 8.60. The van der Waals surface area contributed by atoms with Crippen LogP contribution < -0.4 is 0 Å². The molecule has 0 aromatic heterocycles. The number of carboxylic acids is 1. The van der Waals surface area contributed by atoms with E-state index in [0.29, 0.717) is 5.75 Å². The molecule has 2 aliphatic rings. The zero-order chi connectivity index (χ0) is 18.1. The fraction of sp³-hybridized carbons (Fsp3) is 0.579. The predicted molar refractivity (Wildman–Crippen MR) is 97.6 cm³/mol. The van der Waals surface area contributed by atoms with Crippen molar-refractivity contribution in [3.63, 3.8) is 0 Å². The number of thioether (sulfide) groups is 1. The summed E-state index contributed by atoms with van der Waals surface area (Å²) < 4.78 is 5.53. The molecule has 2 fully saturated rings. The van der Waals surface area contributed by atoms with Crippen LogP contribution in [-0.2, 0) is 16.1 Å². The van der Waals surface area contributed by atoms with E-state index in [4.69, 9.17) is 4.74 Å². The molecule has 25 heavy (non-hydrogen) atoms. The smallest absolute Gasteiger partial charge is 0.411 e. The van der Waals surface area contributed by atoms with E-state index in [1.807, 2.05) is 44.2 Å². The van der Waals surface area contributed by atoms with Crippen molar-refractivity contribution in [1.82, 2.24) is 4.90 Å². The third-order valence-electron chi connectivity index (χ3n) is 5.38. The second-order valence-electron chi connectivity index (χ2n) is 7.49. The van der Waals surface area contributed by atoms with Crippen LogP contribution in [0.2, 0.25) is 0 Å². The fourth-order valence-electron chi connectivity index (χ4n) is 3.54. The van der Waals surface area contributed by atoms with E-state index in [1.165, 1.54) is 0 Å². The first-order valence-corrected chi connectivity index (χ1v) is 9.85. The van der Waals surface area contributed by atoms with Crippen LogP contribution >= 0.6 is 11.8 Å². The largest absolute Gasteiger partial charge is 0.479 e. The lowest BCUT2D eigenvalue weighted by Gasteiger charge is -2.52. The molecule has 5 nitrogen and oxygen atoms in total. The lowest BCUT2D eigenvalue weighted by atomic mass is 9.69. The Labute approximate surface area is 152 Å². The Bertz CT molecular complexity index is 644. The summed E-state index contributed by atoms with van der Waals surface area (Å²) in [7, 11) is 0. The zero-order valence-electron chi connectivity index (χ0n) is 14.7. The van der Waals surface area contributed by atoms with Gasteiger partial charge in [-0.3, -0.25) is 4.90 Å². The quantitative estimate of drug-likeness (QED) is 0.862. The Balaban J connectivity index is 1.85. The first kappa shape index (κ1) is 18.1. The van der Waals surface area contributed by atoms with Gasteiger partial charge in [0, 0.05) is 17.2 Å². The van der Waals surface area contributed by atoms with Gasteiger partial charge in [0.15, 0.2) is 5.54 Å². The predicted octanol–water partition coefficient (Wildman–Crippen LogP) is 3.77. The average Bonchev–Trinajstić information content (AvgIpc) is 3.40. The highest BCUT2D eigenvalue weighted by atomic mass is 32.2. The van der Waals surface area contributed by atoms with Crippen molar-refractivity contribution >= 4 is 23.8 Å². The maximum atomic E-state index is 12.9. The van der Waals surface area contributed by atoms with Crippen molar-refractivity contribution in [3.05, 3.63) is 35.9 Å². The fourth-order valence-corrected chi connectivity index (χ4v) is 5.29. The van der Waals surface area contributed by atoms with Gasteiger partial charge in [-0.05, 0) is 30.6 Å². The number of aliphatic carboxylic acids is 1. The molecule has 1 heterocycles. The molecule has 1 aliphatic heterocycles. The van der Waals surface area contributed by atoms with Gasteiger partial charge < -0.3 is 9.84 Å². The van der Waals surface area contributed by atoms with E-state index in [0.717, 1.165) is 30.6 Å². The highest BCUT2D eigenvalue weighted by Gasteiger charge is 2.62. The standard InChI is InChI=1S/C19H25NO4S/c1-18(2)10-11-25-13-19(18,16(21)22)20(15-8-9-15)17(23)24-12-14-6-4-3-5-7-14/h3-7,15H,8-13H2,1-2H3,(H,21,22). The SMILES string of the molecule is CC1(C)CCSCC1(C(=O)O)N(C(=O)OCc1ccccc1)C1CC1. The molecular weight excluding hydrogens is 338 g/mol. The number of amides is 1. The molecule has 1 amide bonds. The molecule has 136 valence electrons. The lowest BCUT2D eigenvalue weighted by Crippen LogP contribution is -2.68. The molecule has 3 rings (SSSR count). The average molecular weight is 363 g/mol. The lowest BCUT2D eigenvalue weighted by molar-refractivity contribution is -0.158. The minimum Gasteiger partial charge on any atom is -0.479 e. The van der Waals surface area contributed by atoms with Gasteiger partial charge in [0.25, 0.3) is 0 Å². The first-order valence-electron chi connectivity index (χ1n) is 8.70. The third-order valence-corrected chi connectivity index (χ3v) is 6.50. The molecule has 6 heteroatoms. The number of nitrogens with zero attached hydrogens (tertiary/aromatic N) is 1. The highest BCUT2D eigenvalue weighted by Crippen LogP contribution is 2.50. The van der Waals surface area contributed by atoms with Crippen molar-refractivity contribution in [2.24, 2.45) is 5.41 Å². The van der Waals surface area contributed by atoms with Crippen LogP contribution in [0.3, 0.4) is 0 Å². The summed E-state index contributed by atoms with van der Waals surface area (Å²) in [5.41, 5.74) is -0.822. The Hall–Kier alpha value is -1.69. The molecule has 1 N–H and O–H groups in total. The number of hydrogen-bond donors (Lipinski definition) is 1. The van der Waals surface area contributed by atoms with Crippen LogP contribution in [0.5, 0.6) is 0 Å². The Morgan fingerprint density at radius 2 is 1.96 bits per heavy atom. The normalized spacial score (nSPS) is 25.2. The van der Waals surface area contributed by atoms with Crippen LogP contribution in [0.4, 0.5) is 4.79 Å². The molecule has 1 unspecified atom stereocenters. The molecule has 1 aliphatic carbocycles. The van der Waals surface area contributed by atoms with E-state index in [1.54, 1.807) is 16.7 Å². The second kappa shape index (κ2) is 6.90. The van der Waals surface area contributed by atoms with Crippen LogP contribution in [0.1, 0.15) is 38.7 Å². The van der Waals surface area contributed by atoms with Gasteiger partial charge in [0.2, 0.25) is 0 Å². The van der Waals surface area contributed by atoms with E-state index in [-0.39, 0.29) is 12.6 Å².